The molecule has 2 heterocycles. The van der Waals surface area contributed by atoms with Gasteiger partial charge < -0.3 is 21.1 Å². The van der Waals surface area contributed by atoms with Crippen molar-refractivity contribution < 1.29 is 27.1 Å². The number of piperidine rings is 1. The van der Waals surface area contributed by atoms with E-state index in [9.17, 15) is 27.1 Å². The van der Waals surface area contributed by atoms with Crippen LogP contribution in [0.15, 0.2) is 35.4 Å². The van der Waals surface area contributed by atoms with E-state index >= 15 is 0 Å². The van der Waals surface area contributed by atoms with Gasteiger partial charge >= 0.3 is 5.76 Å². The average Bonchev–Trinajstić information content (AvgIpc) is 3.24. The van der Waals surface area contributed by atoms with E-state index in [0.29, 0.717) is 43.6 Å². The van der Waals surface area contributed by atoms with Crippen LogP contribution in [0.25, 0.3) is 0 Å². The molecule has 1 aliphatic rings. The number of nitriles is 1. The van der Waals surface area contributed by atoms with Crippen LogP contribution in [0.1, 0.15) is 44.4 Å². The highest BCUT2D eigenvalue weighted by Gasteiger charge is 2.37. The number of rotatable bonds is 8. The number of carbonyl (C=O) groups is 1. The second kappa shape index (κ2) is 10.0. The predicted octanol–water partition coefficient (Wildman–Crippen LogP) is 2.21. The number of aliphatic hydroxyl groups excluding tert-OH is 1. The normalized spacial score (nSPS) is 16.8. The minimum Gasteiger partial charge on any atom is -0.374 e. The standard InChI is InChI=1S/C21H26F2N6O4S/c1-2-21(8-11-28(12-9-21)17(30)7-10-24)29-13-16(18(25)31)19(27-29)26-14-3-5-15(6-4-14)34(32,33)20(22)23/h3-6,13,18,20,31H,2,7-9,11-12,25H2,1H3,(H,26,27). The van der Waals surface area contributed by atoms with Crippen molar-refractivity contribution in [3.8, 4) is 6.07 Å². The van der Waals surface area contributed by atoms with Gasteiger partial charge in [0.15, 0.2) is 5.82 Å². The van der Waals surface area contributed by atoms with Crippen LogP contribution in [0.3, 0.4) is 0 Å². The van der Waals surface area contributed by atoms with E-state index in [2.05, 4.69) is 10.4 Å². The summed E-state index contributed by atoms with van der Waals surface area (Å²) >= 11 is 0. The number of aromatic nitrogens is 2. The molecule has 0 bridgehead atoms. The molecule has 1 fully saturated rings. The van der Waals surface area contributed by atoms with Crippen molar-refractivity contribution in [3.63, 3.8) is 0 Å². The van der Waals surface area contributed by atoms with Crippen molar-refractivity contribution >= 4 is 27.2 Å². The van der Waals surface area contributed by atoms with Crippen molar-refractivity contribution in [1.29, 1.82) is 5.26 Å². The van der Waals surface area contributed by atoms with Gasteiger partial charge in [0.25, 0.3) is 0 Å². The maximum Gasteiger partial charge on any atom is 0.341 e. The number of carbonyl (C=O) groups excluding carboxylic acids is 1. The molecule has 0 spiro atoms. The third-order valence-corrected chi connectivity index (χ3v) is 7.56. The molecule has 1 unspecified atom stereocenters. The molecular weight excluding hydrogens is 470 g/mol. The van der Waals surface area contributed by atoms with Gasteiger partial charge in [-0.15, -0.1) is 0 Å². The number of hydrogen-bond donors (Lipinski definition) is 3. The lowest BCUT2D eigenvalue weighted by Gasteiger charge is -2.41. The molecule has 1 amide bonds. The van der Waals surface area contributed by atoms with Gasteiger partial charge in [0.2, 0.25) is 15.7 Å². The molecule has 13 heteroatoms. The lowest BCUT2D eigenvalue weighted by molar-refractivity contribution is -0.132. The summed E-state index contributed by atoms with van der Waals surface area (Å²) < 4.78 is 50.4. The number of amides is 1. The Hall–Kier alpha value is -3.08. The van der Waals surface area contributed by atoms with Crippen LogP contribution in [-0.4, -0.2) is 53.0 Å². The van der Waals surface area contributed by atoms with Gasteiger partial charge in [-0.25, -0.2) is 8.42 Å². The van der Waals surface area contributed by atoms with Gasteiger partial charge in [-0.05, 0) is 43.5 Å². The van der Waals surface area contributed by atoms with E-state index < -0.39 is 32.3 Å². The zero-order valence-corrected chi connectivity index (χ0v) is 19.3. The second-order valence-corrected chi connectivity index (χ2v) is 9.99. The first-order chi connectivity index (χ1) is 16.0. The van der Waals surface area contributed by atoms with E-state index in [0.717, 1.165) is 12.1 Å². The minimum absolute atomic E-state index is 0.171. The molecule has 4 N–H and O–H groups in total. The smallest absolute Gasteiger partial charge is 0.341 e. The Morgan fingerprint density at radius 1 is 1.32 bits per heavy atom. The highest BCUT2D eigenvalue weighted by Crippen LogP contribution is 2.36. The van der Waals surface area contributed by atoms with Gasteiger partial charge in [0.1, 0.15) is 12.6 Å². The van der Waals surface area contributed by atoms with Crippen LogP contribution in [0.4, 0.5) is 20.3 Å². The van der Waals surface area contributed by atoms with Crippen LogP contribution in [0, 0.1) is 11.3 Å². The average molecular weight is 497 g/mol. The van der Waals surface area contributed by atoms with Crippen molar-refractivity contribution in [1.82, 2.24) is 14.7 Å². The lowest BCUT2D eigenvalue weighted by Crippen LogP contribution is -2.48. The van der Waals surface area contributed by atoms with Crippen LogP contribution in [0.5, 0.6) is 0 Å². The summed E-state index contributed by atoms with van der Waals surface area (Å²) in [4.78, 5) is 13.2. The predicted molar refractivity (Wildman–Crippen MR) is 119 cm³/mol. The summed E-state index contributed by atoms with van der Waals surface area (Å²) in [5, 5.41) is 26.4. The molecule has 184 valence electrons. The number of nitrogens with one attached hydrogen (secondary N) is 1. The Balaban J connectivity index is 1.85. The Kier molecular flexibility index (Phi) is 7.54. The summed E-state index contributed by atoms with van der Waals surface area (Å²) in [6, 6.07) is 6.61. The van der Waals surface area contributed by atoms with Gasteiger partial charge in [-0.2, -0.15) is 19.1 Å². The SMILES string of the molecule is CCC1(n2cc(C(N)O)c(Nc3ccc(S(=O)(=O)C(F)F)cc3)n2)CCN(C(=O)CC#N)CC1. The minimum atomic E-state index is -4.71. The topological polar surface area (TPSA) is 154 Å². The Bertz CT molecular complexity index is 1170. The van der Waals surface area contributed by atoms with Gasteiger partial charge in [-0.1, -0.05) is 6.92 Å². The molecule has 2 aromatic rings. The number of aliphatic hydroxyl groups is 1. The molecule has 0 radical (unpaired) electrons. The second-order valence-electron chi connectivity index (χ2n) is 8.07. The van der Waals surface area contributed by atoms with E-state index in [4.69, 9.17) is 11.0 Å². The van der Waals surface area contributed by atoms with Crippen molar-refractivity contribution in [2.45, 2.75) is 55.0 Å². The van der Waals surface area contributed by atoms with E-state index in [-0.39, 0.29) is 18.1 Å². The largest absolute Gasteiger partial charge is 0.374 e. The first kappa shape index (κ1) is 25.5. The Labute approximate surface area is 195 Å². The number of sulfone groups is 1. The summed E-state index contributed by atoms with van der Waals surface area (Å²) in [6.45, 7) is 2.90. The molecule has 1 atom stereocenters. The van der Waals surface area contributed by atoms with Crippen molar-refractivity contribution in [2.24, 2.45) is 5.73 Å². The number of nitrogens with zero attached hydrogens (tertiary/aromatic N) is 4. The summed E-state index contributed by atoms with van der Waals surface area (Å²) in [6.07, 6.45) is 1.95. The summed E-state index contributed by atoms with van der Waals surface area (Å²) in [7, 11) is -4.71. The monoisotopic (exact) mass is 496 g/mol. The van der Waals surface area contributed by atoms with E-state index in [1.54, 1.807) is 15.8 Å². The Morgan fingerprint density at radius 2 is 1.94 bits per heavy atom. The van der Waals surface area contributed by atoms with Crippen molar-refractivity contribution in [3.05, 3.63) is 36.0 Å². The number of hydrogen-bond acceptors (Lipinski definition) is 8. The quantitative estimate of drug-likeness (QED) is 0.470. The molecule has 1 aromatic carbocycles. The van der Waals surface area contributed by atoms with Crippen LogP contribution < -0.4 is 11.1 Å². The molecule has 34 heavy (non-hydrogen) atoms. The van der Waals surface area contributed by atoms with E-state index in [1.165, 1.54) is 12.1 Å². The number of alkyl halides is 2. The van der Waals surface area contributed by atoms with Gasteiger partial charge in [0.05, 0.1) is 22.1 Å². The van der Waals surface area contributed by atoms with Gasteiger partial charge in [0, 0.05) is 25.0 Å². The van der Waals surface area contributed by atoms with Crippen LogP contribution in [-0.2, 0) is 20.2 Å². The zero-order valence-electron chi connectivity index (χ0n) is 18.5. The molecule has 0 saturated carbocycles. The zero-order chi connectivity index (χ0) is 25.1. The van der Waals surface area contributed by atoms with Crippen molar-refractivity contribution in [2.75, 3.05) is 18.4 Å². The molecule has 3 rings (SSSR count). The molecule has 0 aliphatic carbocycles. The first-order valence-corrected chi connectivity index (χ1v) is 12.2. The first-order valence-electron chi connectivity index (χ1n) is 10.6. The highest BCUT2D eigenvalue weighted by molar-refractivity contribution is 7.91. The number of halogens is 2. The fourth-order valence-electron chi connectivity index (χ4n) is 4.01. The third kappa shape index (κ3) is 5.03. The fourth-order valence-corrected chi connectivity index (χ4v) is 4.73. The number of likely N-dealkylation sites (tertiary alicyclic amines) is 1. The van der Waals surface area contributed by atoms with Crippen LogP contribution >= 0.6 is 0 Å². The maximum absolute atomic E-state index is 12.7. The lowest BCUT2D eigenvalue weighted by atomic mass is 9.85. The summed E-state index contributed by atoms with van der Waals surface area (Å²) in [5.74, 6) is -3.51. The molecule has 1 aromatic heterocycles. The Morgan fingerprint density at radius 3 is 2.44 bits per heavy atom. The molecule has 10 nitrogen and oxygen atoms in total. The number of benzene rings is 1. The van der Waals surface area contributed by atoms with Gasteiger partial charge in [-0.3, -0.25) is 9.48 Å². The fraction of sp³-hybridized carbons (Fsp3) is 0.476. The van der Waals surface area contributed by atoms with Crippen LogP contribution in [0.2, 0.25) is 0 Å². The third-order valence-electron chi connectivity index (χ3n) is 6.16. The number of anilines is 2. The molecule has 1 aliphatic heterocycles. The van der Waals surface area contributed by atoms with E-state index in [1.807, 2.05) is 13.0 Å². The molecule has 1 saturated heterocycles. The molecular formula is C21H26F2N6O4S. The highest BCUT2D eigenvalue weighted by atomic mass is 32.2. The maximum atomic E-state index is 12.7. The summed E-state index contributed by atoms with van der Waals surface area (Å²) in [5.41, 5.74) is 5.93. The number of nitrogens with two attached hydrogens (primary N) is 1.